The molecule has 1 fully saturated rings. The molecule has 5 rings (SSSR count). The molecule has 0 bridgehead atoms. The summed E-state index contributed by atoms with van der Waals surface area (Å²) in [5.41, 5.74) is -0.0565. The van der Waals surface area contributed by atoms with Crippen molar-refractivity contribution < 1.29 is 31.8 Å². The lowest BCUT2D eigenvalue weighted by Crippen LogP contribution is -2.59. The third-order valence-electron chi connectivity index (χ3n) is 5.84. The number of ether oxygens (including phenoxy) is 1. The van der Waals surface area contributed by atoms with E-state index in [2.05, 4.69) is 25.7 Å². The lowest BCUT2D eigenvalue weighted by Gasteiger charge is -2.44. The number of fused-ring (bicyclic) bond motifs is 2. The third kappa shape index (κ3) is 3.67. The van der Waals surface area contributed by atoms with Crippen molar-refractivity contribution in [2.75, 3.05) is 12.4 Å². The molecule has 0 amide bonds. The van der Waals surface area contributed by atoms with Gasteiger partial charge in [-0.3, -0.25) is 0 Å². The smallest absolute Gasteiger partial charge is 0.417 e. The molecule has 0 spiro atoms. The number of rotatable bonds is 6. The molecule has 2 N–H and O–H groups in total. The number of hydrogen-bond acceptors (Lipinski definition) is 7. The van der Waals surface area contributed by atoms with Gasteiger partial charge in [-0.15, -0.1) is 10.2 Å². The second-order valence-electron chi connectivity index (χ2n) is 8.11. The van der Waals surface area contributed by atoms with Crippen LogP contribution in [0.3, 0.4) is 0 Å². The van der Waals surface area contributed by atoms with E-state index in [0.717, 1.165) is 4.68 Å². The van der Waals surface area contributed by atoms with Crippen molar-refractivity contribution in [3.05, 3.63) is 30.5 Å². The number of hydrogen-bond donors (Lipinski definition) is 2. The third-order valence-corrected chi connectivity index (χ3v) is 5.84. The Labute approximate surface area is 188 Å². The molecule has 0 atom stereocenters. The van der Waals surface area contributed by atoms with Gasteiger partial charge in [-0.1, -0.05) is 11.3 Å². The van der Waals surface area contributed by atoms with Crippen LogP contribution in [-0.4, -0.2) is 66.1 Å². The van der Waals surface area contributed by atoms with Crippen LogP contribution in [0.2, 0.25) is 0 Å². The van der Waals surface area contributed by atoms with Crippen LogP contribution < -0.4 is 10.1 Å². The molecule has 9 nitrogen and oxygen atoms in total. The molecular weight excluding hydrogens is 465 g/mol. The van der Waals surface area contributed by atoms with E-state index in [1.165, 1.54) is 11.6 Å². The van der Waals surface area contributed by atoms with Crippen LogP contribution in [-0.2, 0) is 6.54 Å². The Morgan fingerprint density at radius 3 is 2.71 bits per heavy atom. The maximum atomic E-state index is 12.9. The second kappa shape index (κ2) is 7.75. The largest absolute Gasteiger partial charge is 0.479 e. The predicted molar refractivity (Wildman–Crippen MR) is 110 cm³/mol. The van der Waals surface area contributed by atoms with Gasteiger partial charge in [0.2, 0.25) is 11.8 Å². The monoisotopic (exact) mass is 483 g/mol. The first kappa shape index (κ1) is 22.3. The minimum absolute atomic E-state index is 0.0374. The summed E-state index contributed by atoms with van der Waals surface area (Å²) < 4.78 is 72.3. The fraction of sp³-hybridized carbons (Fsp3) is 0.400. The number of benzene rings is 1. The highest BCUT2D eigenvalue weighted by atomic mass is 19.4. The minimum Gasteiger partial charge on any atom is -0.479 e. The van der Waals surface area contributed by atoms with Crippen LogP contribution in [0.1, 0.15) is 12.8 Å². The first-order valence-corrected chi connectivity index (χ1v) is 10.2. The lowest BCUT2D eigenvalue weighted by molar-refractivity contribution is -0.288. The molecular formula is C20H18F5N7O2. The van der Waals surface area contributed by atoms with E-state index in [1.54, 1.807) is 30.5 Å². The second-order valence-corrected chi connectivity index (χ2v) is 8.11. The highest BCUT2D eigenvalue weighted by Gasteiger charge is 2.61. The SMILES string of the molecule is COc1nc(N[C@H]2C[C@@](O)(C(F)(F)F)C2)nn2ccc(-c3ccc4nnn(CC(F)F)c4c3)c12. The van der Waals surface area contributed by atoms with Crippen molar-refractivity contribution in [3.63, 3.8) is 0 Å². The molecule has 1 aliphatic carbocycles. The van der Waals surface area contributed by atoms with Crippen molar-refractivity contribution in [2.24, 2.45) is 0 Å². The van der Waals surface area contributed by atoms with E-state index < -0.39 is 43.6 Å². The van der Waals surface area contributed by atoms with E-state index >= 15 is 0 Å². The molecule has 14 heteroatoms. The molecule has 34 heavy (non-hydrogen) atoms. The van der Waals surface area contributed by atoms with Gasteiger partial charge in [0.1, 0.15) is 17.6 Å². The van der Waals surface area contributed by atoms with Crippen LogP contribution in [0.25, 0.3) is 27.7 Å². The molecule has 0 aliphatic heterocycles. The maximum absolute atomic E-state index is 12.9. The van der Waals surface area contributed by atoms with Gasteiger partial charge in [0.15, 0.2) is 5.60 Å². The van der Waals surface area contributed by atoms with E-state index in [0.29, 0.717) is 27.7 Å². The Morgan fingerprint density at radius 1 is 1.26 bits per heavy atom. The molecule has 1 aromatic carbocycles. The van der Waals surface area contributed by atoms with Crippen LogP contribution in [0, 0.1) is 0 Å². The Morgan fingerprint density at radius 2 is 2.03 bits per heavy atom. The summed E-state index contributed by atoms with van der Waals surface area (Å²) in [5, 5.41) is 24.4. The van der Waals surface area contributed by atoms with Crippen molar-refractivity contribution in [1.82, 2.24) is 29.6 Å². The maximum Gasteiger partial charge on any atom is 0.417 e. The van der Waals surface area contributed by atoms with Crippen LogP contribution in [0.4, 0.5) is 27.9 Å². The van der Waals surface area contributed by atoms with Gasteiger partial charge in [-0.2, -0.15) is 18.2 Å². The zero-order valence-electron chi connectivity index (χ0n) is 17.6. The molecule has 1 saturated carbocycles. The topological polar surface area (TPSA) is 102 Å². The normalized spacial score (nSPS) is 20.8. The number of aromatic nitrogens is 6. The van der Waals surface area contributed by atoms with Gasteiger partial charge in [0.25, 0.3) is 6.43 Å². The van der Waals surface area contributed by atoms with Crippen molar-refractivity contribution in [1.29, 1.82) is 0 Å². The van der Waals surface area contributed by atoms with Crippen molar-refractivity contribution in [3.8, 4) is 17.0 Å². The average molecular weight is 483 g/mol. The number of methoxy groups -OCH3 is 1. The summed E-state index contributed by atoms with van der Waals surface area (Å²) in [6.07, 6.45) is -6.71. The van der Waals surface area contributed by atoms with E-state index in [1.807, 2.05) is 0 Å². The zero-order valence-corrected chi connectivity index (χ0v) is 17.6. The van der Waals surface area contributed by atoms with Gasteiger partial charge in [0, 0.05) is 30.6 Å². The lowest BCUT2D eigenvalue weighted by atomic mass is 9.75. The quantitative estimate of drug-likeness (QED) is 0.406. The fourth-order valence-electron chi connectivity index (χ4n) is 4.10. The number of aliphatic hydroxyl groups is 1. The number of alkyl halides is 5. The van der Waals surface area contributed by atoms with Crippen LogP contribution >= 0.6 is 0 Å². The molecule has 180 valence electrons. The molecule has 0 saturated heterocycles. The summed E-state index contributed by atoms with van der Waals surface area (Å²) in [6, 6.07) is 6.14. The van der Waals surface area contributed by atoms with Gasteiger partial charge >= 0.3 is 6.18 Å². The zero-order chi connectivity index (χ0) is 24.3. The summed E-state index contributed by atoms with van der Waals surface area (Å²) in [7, 11) is 1.39. The Kier molecular flexibility index (Phi) is 5.07. The predicted octanol–water partition coefficient (Wildman–Crippen LogP) is 3.28. The number of nitrogens with zero attached hydrogens (tertiary/aromatic N) is 6. The van der Waals surface area contributed by atoms with Gasteiger partial charge in [-0.05, 0) is 23.8 Å². The highest BCUT2D eigenvalue weighted by molar-refractivity contribution is 5.89. The molecule has 4 aromatic rings. The summed E-state index contributed by atoms with van der Waals surface area (Å²) in [5.74, 6) is 0.192. The summed E-state index contributed by atoms with van der Waals surface area (Å²) >= 11 is 0. The molecule has 3 aromatic heterocycles. The number of halogens is 5. The first-order chi connectivity index (χ1) is 16.1. The molecule has 0 unspecified atom stereocenters. The van der Waals surface area contributed by atoms with Crippen LogP contribution in [0.5, 0.6) is 5.88 Å². The van der Waals surface area contributed by atoms with E-state index in [-0.39, 0.29) is 11.8 Å². The fourth-order valence-corrected chi connectivity index (χ4v) is 4.10. The van der Waals surface area contributed by atoms with Gasteiger partial charge < -0.3 is 15.2 Å². The molecule has 0 radical (unpaired) electrons. The Bertz CT molecular complexity index is 1360. The van der Waals surface area contributed by atoms with Crippen LogP contribution in [0.15, 0.2) is 30.5 Å². The summed E-state index contributed by atoms with van der Waals surface area (Å²) in [6.45, 7) is -0.595. The number of anilines is 1. The average Bonchev–Trinajstić information content (AvgIpc) is 3.34. The van der Waals surface area contributed by atoms with E-state index in [4.69, 9.17) is 4.74 Å². The van der Waals surface area contributed by atoms with Gasteiger partial charge in [-0.25, -0.2) is 18.0 Å². The Balaban J connectivity index is 1.47. The van der Waals surface area contributed by atoms with E-state index in [9.17, 15) is 27.1 Å². The molecule has 1 aliphatic rings. The summed E-state index contributed by atoms with van der Waals surface area (Å²) in [4.78, 5) is 4.26. The van der Waals surface area contributed by atoms with Crippen molar-refractivity contribution >= 4 is 22.5 Å². The highest BCUT2D eigenvalue weighted by Crippen LogP contribution is 2.46. The van der Waals surface area contributed by atoms with Crippen molar-refractivity contribution in [2.45, 2.75) is 43.6 Å². The first-order valence-electron chi connectivity index (χ1n) is 10.2. The molecule has 3 heterocycles. The van der Waals surface area contributed by atoms with Gasteiger partial charge in [0.05, 0.1) is 12.6 Å². The standard InChI is InChI=1S/C20H18F5N7O2/c1-34-17-16-12(10-2-3-13-14(6-10)32(30-28-13)9-15(21)22)4-5-31(16)29-18(27-17)26-11-7-19(33,8-11)20(23,24)25/h2-6,11,15,33H,7-9H2,1H3,(H,26,29)/t11-,19-. The number of nitrogens with one attached hydrogen (secondary N) is 1. The Hall–Kier alpha value is -3.55. The minimum atomic E-state index is -4.70.